The summed E-state index contributed by atoms with van der Waals surface area (Å²) < 4.78 is 24.0. The molecule has 2 aromatic rings. The van der Waals surface area contributed by atoms with Gasteiger partial charge < -0.3 is 14.8 Å². The molecule has 0 saturated carbocycles. The third-order valence-electron chi connectivity index (χ3n) is 4.51. The Labute approximate surface area is 168 Å². The Kier molecular flexibility index (Phi) is 5.87. The Morgan fingerprint density at radius 1 is 1.00 bits per heavy atom. The molecule has 3 rings (SSSR count). The van der Waals surface area contributed by atoms with E-state index in [0.29, 0.717) is 22.7 Å². The molecule has 1 N–H and O–H groups in total. The van der Waals surface area contributed by atoms with Crippen LogP contribution in [0.4, 0.5) is 10.1 Å². The summed E-state index contributed by atoms with van der Waals surface area (Å²) >= 11 is 0. The highest BCUT2D eigenvalue weighted by Gasteiger charge is 2.39. The van der Waals surface area contributed by atoms with Crippen LogP contribution >= 0.6 is 0 Å². The molecule has 0 fully saturated rings. The summed E-state index contributed by atoms with van der Waals surface area (Å²) in [4.78, 5) is 27.4. The predicted octanol–water partition coefficient (Wildman–Crippen LogP) is 3.69. The van der Waals surface area contributed by atoms with Gasteiger partial charge in [-0.15, -0.1) is 0 Å². The fourth-order valence-electron chi connectivity index (χ4n) is 3.15. The smallest absolute Gasteiger partial charge is 0.278 e. The van der Waals surface area contributed by atoms with Gasteiger partial charge in [0.1, 0.15) is 23.0 Å². The molecule has 2 aromatic carbocycles. The van der Waals surface area contributed by atoms with Crippen molar-refractivity contribution in [3.05, 3.63) is 59.5 Å². The number of hydrogen-bond acceptors (Lipinski definition) is 5. The molecule has 0 atom stereocenters. The average molecular weight is 398 g/mol. The highest BCUT2D eigenvalue weighted by atomic mass is 19.1. The number of imide groups is 1. The highest BCUT2D eigenvalue weighted by molar-refractivity contribution is 6.36. The van der Waals surface area contributed by atoms with Crippen LogP contribution in [0.5, 0.6) is 11.5 Å². The van der Waals surface area contributed by atoms with Crippen molar-refractivity contribution >= 4 is 23.1 Å². The van der Waals surface area contributed by atoms with Gasteiger partial charge in [0, 0.05) is 12.6 Å². The number of amides is 2. The largest absolute Gasteiger partial charge is 0.497 e. The Bertz CT molecular complexity index is 967. The second-order valence-electron chi connectivity index (χ2n) is 7.06. The number of benzene rings is 2. The topological polar surface area (TPSA) is 67.9 Å². The second-order valence-corrected chi connectivity index (χ2v) is 7.06. The van der Waals surface area contributed by atoms with Gasteiger partial charge in [-0.25, -0.2) is 4.39 Å². The van der Waals surface area contributed by atoms with Crippen molar-refractivity contribution in [2.24, 2.45) is 5.92 Å². The summed E-state index contributed by atoms with van der Waals surface area (Å²) in [6.45, 7) is 4.13. The molecule has 0 unspecified atom stereocenters. The number of nitrogens with one attached hydrogen (secondary N) is 1. The molecule has 152 valence electrons. The average Bonchev–Trinajstić information content (AvgIpc) is 2.92. The normalized spacial score (nSPS) is 14.1. The maximum absolute atomic E-state index is 13.4. The van der Waals surface area contributed by atoms with E-state index in [1.807, 2.05) is 13.8 Å². The monoisotopic (exact) mass is 398 g/mol. The Balaban J connectivity index is 2.11. The maximum atomic E-state index is 13.4. The number of hydrogen-bond donors (Lipinski definition) is 1. The third-order valence-corrected chi connectivity index (χ3v) is 4.51. The van der Waals surface area contributed by atoms with E-state index in [9.17, 15) is 14.0 Å². The Morgan fingerprint density at radius 2 is 1.69 bits per heavy atom. The van der Waals surface area contributed by atoms with Crippen LogP contribution < -0.4 is 14.8 Å². The number of methoxy groups -OCH3 is 2. The van der Waals surface area contributed by atoms with Crippen LogP contribution in [0.25, 0.3) is 5.57 Å². The second kappa shape index (κ2) is 8.34. The van der Waals surface area contributed by atoms with E-state index in [0.717, 1.165) is 0 Å². The third kappa shape index (κ3) is 4.08. The molecule has 0 aliphatic carbocycles. The minimum Gasteiger partial charge on any atom is -0.497 e. The van der Waals surface area contributed by atoms with Gasteiger partial charge in [-0.05, 0) is 35.7 Å². The van der Waals surface area contributed by atoms with E-state index in [4.69, 9.17) is 9.47 Å². The molecule has 0 saturated heterocycles. The SMILES string of the molecule is COc1ccc(OC)c(NC2=C(c3ccc(F)cc3)C(=O)N(CC(C)C)C2=O)c1. The van der Waals surface area contributed by atoms with Gasteiger partial charge in [0.2, 0.25) is 0 Å². The van der Waals surface area contributed by atoms with Crippen molar-refractivity contribution < 1.29 is 23.5 Å². The van der Waals surface area contributed by atoms with Crippen LogP contribution in [0.1, 0.15) is 19.4 Å². The van der Waals surface area contributed by atoms with Gasteiger partial charge in [-0.2, -0.15) is 0 Å². The van der Waals surface area contributed by atoms with Gasteiger partial charge in [-0.3, -0.25) is 14.5 Å². The molecule has 1 aliphatic rings. The van der Waals surface area contributed by atoms with Crippen LogP contribution in [-0.2, 0) is 9.59 Å². The summed E-state index contributed by atoms with van der Waals surface area (Å²) in [6, 6.07) is 10.6. The Morgan fingerprint density at radius 3 is 2.28 bits per heavy atom. The van der Waals surface area contributed by atoms with E-state index in [2.05, 4.69) is 5.32 Å². The van der Waals surface area contributed by atoms with Gasteiger partial charge >= 0.3 is 0 Å². The lowest BCUT2D eigenvalue weighted by Gasteiger charge is -2.18. The van der Waals surface area contributed by atoms with Crippen LogP contribution in [0.3, 0.4) is 0 Å². The summed E-state index contributed by atoms with van der Waals surface area (Å²) in [5.41, 5.74) is 1.25. The molecule has 0 spiro atoms. The molecule has 7 heteroatoms. The standard InChI is InChI=1S/C22H23FN2O4/c1-13(2)12-25-21(26)19(14-5-7-15(23)8-6-14)20(22(25)27)24-17-11-16(28-3)9-10-18(17)29-4/h5-11,13,24H,12H2,1-4H3. The van der Waals surface area contributed by atoms with Crippen molar-refractivity contribution in [2.45, 2.75) is 13.8 Å². The van der Waals surface area contributed by atoms with E-state index in [1.54, 1.807) is 18.2 Å². The number of anilines is 1. The number of nitrogens with zero attached hydrogens (tertiary/aromatic N) is 1. The zero-order valence-corrected chi connectivity index (χ0v) is 16.8. The number of carbonyl (C=O) groups is 2. The first-order valence-electron chi connectivity index (χ1n) is 9.21. The molecule has 29 heavy (non-hydrogen) atoms. The fourth-order valence-corrected chi connectivity index (χ4v) is 3.15. The van der Waals surface area contributed by atoms with Crippen molar-refractivity contribution in [3.63, 3.8) is 0 Å². The van der Waals surface area contributed by atoms with Crippen LogP contribution in [0, 0.1) is 11.7 Å². The lowest BCUT2D eigenvalue weighted by atomic mass is 10.0. The molecule has 0 radical (unpaired) electrons. The quantitative estimate of drug-likeness (QED) is 0.721. The lowest BCUT2D eigenvalue weighted by molar-refractivity contribution is -0.137. The number of halogens is 1. The summed E-state index contributed by atoms with van der Waals surface area (Å²) in [5, 5.41) is 3.05. The molecule has 0 aromatic heterocycles. The summed E-state index contributed by atoms with van der Waals surface area (Å²) in [7, 11) is 3.04. The van der Waals surface area contributed by atoms with E-state index in [-0.39, 0.29) is 23.7 Å². The Hall–Kier alpha value is -3.35. The number of ether oxygens (including phenoxy) is 2. The van der Waals surface area contributed by atoms with Gasteiger partial charge in [-0.1, -0.05) is 26.0 Å². The van der Waals surface area contributed by atoms with Crippen LogP contribution in [-0.4, -0.2) is 37.5 Å². The zero-order valence-electron chi connectivity index (χ0n) is 16.8. The molecular weight excluding hydrogens is 375 g/mol. The van der Waals surface area contributed by atoms with Crippen molar-refractivity contribution in [1.82, 2.24) is 4.90 Å². The molecule has 0 bridgehead atoms. The van der Waals surface area contributed by atoms with Crippen molar-refractivity contribution in [1.29, 1.82) is 0 Å². The van der Waals surface area contributed by atoms with Gasteiger partial charge in [0.15, 0.2) is 0 Å². The first kappa shape index (κ1) is 20.4. The van der Waals surface area contributed by atoms with E-state index in [1.165, 1.54) is 43.4 Å². The van der Waals surface area contributed by atoms with Crippen LogP contribution in [0.2, 0.25) is 0 Å². The van der Waals surface area contributed by atoms with Crippen molar-refractivity contribution in [2.75, 3.05) is 26.1 Å². The van der Waals surface area contributed by atoms with Crippen molar-refractivity contribution in [3.8, 4) is 11.5 Å². The predicted molar refractivity (Wildman–Crippen MR) is 108 cm³/mol. The van der Waals surface area contributed by atoms with E-state index >= 15 is 0 Å². The van der Waals surface area contributed by atoms with Gasteiger partial charge in [0.05, 0.1) is 25.5 Å². The van der Waals surface area contributed by atoms with E-state index < -0.39 is 17.6 Å². The molecular formula is C22H23FN2O4. The molecule has 1 heterocycles. The molecule has 6 nitrogen and oxygen atoms in total. The fraction of sp³-hybridized carbons (Fsp3) is 0.273. The minimum atomic E-state index is -0.437. The zero-order chi connectivity index (χ0) is 21.1. The first-order chi connectivity index (χ1) is 13.8. The minimum absolute atomic E-state index is 0.100. The summed E-state index contributed by atoms with van der Waals surface area (Å²) in [5.74, 6) is -0.128. The number of carbonyl (C=O) groups excluding carboxylic acids is 2. The maximum Gasteiger partial charge on any atom is 0.278 e. The lowest BCUT2D eigenvalue weighted by Crippen LogP contribution is -2.35. The highest BCUT2D eigenvalue weighted by Crippen LogP contribution is 2.35. The van der Waals surface area contributed by atoms with Crippen LogP contribution in [0.15, 0.2) is 48.2 Å². The summed E-state index contributed by atoms with van der Waals surface area (Å²) in [6.07, 6.45) is 0. The molecule has 2 amide bonds. The van der Waals surface area contributed by atoms with Gasteiger partial charge in [0.25, 0.3) is 11.8 Å². The molecule has 1 aliphatic heterocycles. The number of rotatable bonds is 7. The first-order valence-corrected chi connectivity index (χ1v) is 9.21.